The molecule has 0 bridgehead atoms. The minimum atomic E-state index is -0.507. The zero-order valence-corrected chi connectivity index (χ0v) is 24.4. The summed E-state index contributed by atoms with van der Waals surface area (Å²) in [4.78, 5) is 37.9. The van der Waals surface area contributed by atoms with Crippen LogP contribution in [0.25, 0.3) is 0 Å². The highest BCUT2D eigenvalue weighted by Crippen LogP contribution is 2.28. The minimum Gasteiger partial charge on any atom is -0.484 e. The van der Waals surface area contributed by atoms with Crippen LogP contribution in [0.4, 0.5) is 10.5 Å². The summed E-state index contributed by atoms with van der Waals surface area (Å²) in [7, 11) is 3.39. The summed E-state index contributed by atoms with van der Waals surface area (Å²) in [5, 5.41) is 11.1. The van der Waals surface area contributed by atoms with Gasteiger partial charge in [-0.1, -0.05) is 0 Å². The van der Waals surface area contributed by atoms with E-state index in [4.69, 9.17) is 23.7 Å². The third-order valence-electron chi connectivity index (χ3n) is 5.45. The molecule has 2 amide bonds. The number of likely N-dealkylation sites (N-methyl/N-ethyl adjacent to an activating group) is 1. The topological polar surface area (TPSA) is 130 Å². The van der Waals surface area contributed by atoms with Crippen molar-refractivity contribution in [1.82, 2.24) is 9.80 Å². The Balaban J connectivity index is 2.03. The number of amides is 2. The van der Waals surface area contributed by atoms with Gasteiger partial charge >= 0.3 is 6.09 Å². The second kappa shape index (κ2) is 17.6. The van der Waals surface area contributed by atoms with Crippen LogP contribution in [-0.2, 0) is 23.7 Å². The Labute approximate surface area is 231 Å². The smallest absolute Gasteiger partial charge is 0.410 e. The van der Waals surface area contributed by atoms with Gasteiger partial charge in [0.25, 0.3) is 11.6 Å². The monoisotopic (exact) mass is 555 g/mol. The number of nitro groups is 1. The van der Waals surface area contributed by atoms with Crippen molar-refractivity contribution in [3.8, 4) is 5.75 Å². The third-order valence-corrected chi connectivity index (χ3v) is 5.45. The number of ether oxygens (including phenoxy) is 5. The molecule has 0 aliphatic rings. The first-order chi connectivity index (χ1) is 18.3. The van der Waals surface area contributed by atoms with Crippen molar-refractivity contribution in [3.05, 3.63) is 33.4 Å². The van der Waals surface area contributed by atoms with Crippen molar-refractivity contribution in [1.29, 1.82) is 0 Å². The zero-order valence-electron chi connectivity index (χ0n) is 24.4. The van der Waals surface area contributed by atoms with Crippen LogP contribution in [0, 0.1) is 24.0 Å². The molecular weight excluding hydrogens is 510 g/mol. The highest BCUT2D eigenvalue weighted by molar-refractivity contribution is 5.77. The van der Waals surface area contributed by atoms with E-state index in [0.29, 0.717) is 82.4 Å². The summed E-state index contributed by atoms with van der Waals surface area (Å²) in [5.41, 5.74) is 0.530. The molecule has 1 aromatic carbocycles. The van der Waals surface area contributed by atoms with Crippen LogP contribution in [-0.4, -0.2) is 106 Å². The SMILES string of the molecule is Cc1cc(OCC(=O)N(C)CCCOCCOCCOCCCN(C)C(=O)OC(C)(C)C)cc(C)c1[N+](=O)[O-]. The molecule has 1 rings (SSSR count). The van der Waals surface area contributed by atoms with Crippen molar-refractivity contribution in [2.75, 3.05) is 73.4 Å². The Bertz CT molecular complexity index is 895. The van der Waals surface area contributed by atoms with E-state index in [-0.39, 0.29) is 24.3 Å². The molecule has 0 atom stereocenters. The molecule has 0 N–H and O–H groups in total. The molecule has 39 heavy (non-hydrogen) atoms. The summed E-state index contributed by atoms with van der Waals surface area (Å²) >= 11 is 0. The molecule has 12 heteroatoms. The molecule has 0 saturated carbocycles. The molecule has 1 aromatic rings. The van der Waals surface area contributed by atoms with Crippen LogP contribution in [0.2, 0.25) is 0 Å². The Morgan fingerprint density at radius 2 is 1.31 bits per heavy atom. The summed E-state index contributed by atoms with van der Waals surface area (Å²) in [5.74, 6) is 0.236. The summed E-state index contributed by atoms with van der Waals surface area (Å²) in [6.07, 6.45) is 1.03. The van der Waals surface area contributed by atoms with Gasteiger partial charge in [-0.25, -0.2) is 4.79 Å². The summed E-state index contributed by atoms with van der Waals surface area (Å²) < 4.78 is 27.4. The fraction of sp³-hybridized carbons (Fsp3) is 0.704. The first-order valence-electron chi connectivity index (χ1n) is 13.1. The summed E-state index contributed by atoms with van der Waals surface area (Å²) in [6.45, 7) is 12.5. The van der Waals surface area contributed by atoms with Gasteiger partial charge in [-0.2, -0.15) is 0 Å². The molecular formula is C27H45N3O9. The second-order valence-electron chi connectivity index (χ2n) is 10.2. The molecule has 0 heterocycles. The number of rotatable bonds is 18. The largest absolute Gasteiger partial charge is 0.484 e. The van der Waals surface area contributed by atoms with E-state index in [1.807, 2.05) is 20.8 Å². The number of benzene rings is 1. The first kappa shape index (κ1) is 34.1. The standard InChI is InChI=1S/C27H45N3O9/c1-21-18-23(19-22(2)25(21)30(33)34)38-20-24(31)28(6)10-8-12-35-14-16-37-17-15-36-13-9-11-29(7)26(32)39-27(3,4)5/h18-19H,8-17,20H2,1-7H3. The average Bonchev–Trinajstić information content (AvgIpc) is 2.83. The number of hydrogen-bond donors (Lipinski definition) is 0. The van der Waals surface area contributed by atoms with Crippen LogP contribution in [0.1, 0.15) is 44.7 Å². The molecule has 0 unspecified atom stereocenters. The Morgan fingerprint density at radius 1 is 0.846 bits per heavy atom. The number of nitrogens with zero attached hydrogens (tertiary/aromatic N) is 3. The van der Waals surface area contributed by atoms with Crippen molar-refractivity contribution < 1.29 is 38.2 Å². The fourth-order valence-electron chi connectivity index (χ4n) is 3.45. The zero-order chi connectivity index (χ0) is 29.4. The van der Waals surface area contributed by atoms with Gasteiger partial charge in [0.2, 0.25) is 0 Å². The number of hydrogen-bond acceptors (Lipinski definition) is 9. The van der Waals surface area contributed by atoms with Gasteiger partial charge < -0.3 is 33.5 Å². The van der Waals surface area contributed by atoms with Gasteiger partial charge in [0.1, 0.15) is 11.4 Å². The van der Waals surface area contributed by atoms with E-state index in [9.17, 15) is 19.7 Å². The van der Waals surface area contributed by atoms with Crippen molar-refractivity contribution in [2.24, 2.45) is 0 Å². The van der Waals surface area contributed by atoms with E-state index in [1.165, 1.54) is 4.90 Å². The van der Waals surface area contributed by atoms with Crippen LogP contribution in [0.5, 0.6) is 5.75 Å². The number of carbonyl (C=O) groups excluding carboxylic acids is 2. The number of carbonyl (C=O) groups is 2. The molecule has 12 nitrogen and oxygen atoms in total. The first-order valence-corrected chi connectivity index (χ1v) is 13.1. The van der Waals surface area contributed by atoms with Gasteiger partial charge in [-0.15, -0.1) is 0 Å². The molecule has 0 aliphatic carbocycles. The molecule has 0 aromatic heterocycles. The molecule has 0 radical (unpaired) electrons. The Morgan fingerprint density at radius 3 is 1.77 bits per heavy atom. The van der Waals surface area contributed by atoms with Crippen LogP contribution in [0.3, 0.4) is 0 Å². The van der Waals surface area contributed by atoms with E-state index >= 15 is 0 Å². The van der Waals surface area contributed by atoms with Crippen molar-refractivity contribution in [2.45, 2.75) is 53.1 Å². The van der Waals surface area contributed by atoms with E-state index in [1.54, 1.807) is 45.0 Å². The van der Waals surface area contributed by atoms with Crippen molar-refractivity contribution in [3.63, 3.8) is 0 Å². The molecule has 0 aliphatic heterocycles. The molecule has 222 valence electrons. The molecule has 0 fully saturated rings. The maximum Gasteiger partial charge on any atom is 0.410 e. The Kier molecular flexibility index (Phi) is 15.4. The third kappa shape index (κ3) is 14.7. The minimum absolute atomic E-state index is 0.0570. The molecule has 0 saturated heterocycles. The predicted octanol–water partition coefficient (Wildman–Crippen LogP) is 3.75. The normalized spacial score (nSPS) is 11.3. The quantitative estimate of drug-likeness (QED) is 0.151. The predicted molar refractivity (Wildman–Crippen MR) is 146 cm³/mol. The maximum absolute atomic E-state index is 12.3. The lowest BCUT2D eigenvalue weighted by Gasteiger charge is -2.24. The van der Waals surface area contributed by atoms with Gasteiger partial charge in [0, 0.05) is 51.5 Å². The second-order valence-corrected chi connectivity index (χ2v) is 10.2. The highest BCUT2D eigenvalue weighted by atomic mass is 16.6. The van der Waals surface area contributed by atoms with Gasteiger partial charge in [-0.05, 0) is 59.6 Å². The number of nitro benzene ring substituents is 1. The van der Waals surface area contributed by atoms with Gasteiger partial charge in [0.15, 0.2) is 6.61 Å². The van der Waals surface area contributed by atoms with Gasteiger partial charge in [0.05, 0.1) is 31.4 Å². The lowest BCUT2D eigenvalue weighted by atomic mass is 10.1. The van der Waals surface area contributed by atoms with Crippen molar-refractivity contribution >= 4 is 17.7 Å². The van der Waals surface area contributed by atoms with Gasteiger partial charge in [-0.3, -0.25) is 14.9 Å². The lowest BCUT2D eigenvalue weighted by molar-refractivity contribution is -0.386. The lowest BCUT2D eigenvalue weighted by Crippen LogP contribution is -2.35. The van der Waals surface area contributed by atoms with E-state index < -0.39 is 10.5 Å². The fourth-order valence-corrected chi connectivity index (χ4v) is 3.45. The summed E-state index contributed by atoms with van der Waals surface area (Å²) in [6, 6.07) is 3.13. The Hall–Kier alpha value is -2.96. The van der Waals surface area contributed by atoms with E-state index in [0.717, 1.165) is 0 Å². The molecule has 0 spiro atoms. The van der Waals surface area contributed by atoms with Crippen LogP contribution >= 0.6 is 0 Å². The average molecular weight is 556 g/mol. The maximum atomic E-state index is 12.3. The van der Waals surface area contributed by atoms with E-state index in [2.05, 4.69) is 0 Å². The van der Waals surface area contributed by atoms with Crippen LogP contribution in [0.15, 0.2) is 12.1 Å². The highest BCUT2D eigenvalue weighted by Gasteiger charge is 2.19. The number of aryl methyl sites for hydroxylation is 2. The van der Waals surface area contributed by atoms with Crippen LogP contribution < -0.4 is 4.74 Å².